The van der Waals surface area contributed by atoms with Crippen molar-refractivity contribution >= 4 is 17.7 Å². The van der Waals surface area contributed by atoms with E-state index in [0.29, 0.717) is 48.6 Å². The monoisotopic (exact) mass is 463 g/mol. The minimum absolute atomic E-state index is 0.0138. The van der Waals surface area contributed by atoms with Gasteiger partial charge in [0.25, 0.3) is 11.8 Å². The average molecular weight is 464 g/mol. The van der Waals surface area contributed by atoms with Crippen molar-refractivity contribution in [3.8, 4) is 11.5 Å². The number of carbonyl (C=O) groups excluding carboxylic acids is 3. The fourth-order valence-corrected chi connectivity index (χ4v) is 4.60. The Morgan fingerprint density at radius 2 is 1.71 bits per heavy atom. The number of fused-ring (bicyclic) bond motifs is 1. The van der Waals surface area contributed by atoms with Crippen LogP contribution in [0.2, 0.25) is 0 Å². The number of likely N-dealkylation sites (tertiary alicyclic amines) is 1. The maximum Gasteiger partial charge on any atom is 0.254 e. The van der Waals surface area contributed by atoms with E-state index in [4.69, 9.17) is 9.47 Å². The zero-order valence-corrected chi connectivity index (χ0v) is 19.2. The third-order valence-corrected chi connectivity index (χ3v) is 6.80. The number of rotatable bonds is 6. The second-order valence-corrected chi connectivity index (χ2v) is 9.25. The first-order valence-corrected chi connectivity index (χ1v) is 11.9. The van der Waals surface area contributed by atoms with Gasteiger partial charge in [0.2, 0.25) is 12.7 Å². The number of hydrogen-bond donors (Lipinski definition) is 2. The summed E-state index contributed by atoms with van der Waals surface area (Å²) in [6.07, 6.45) is 3.22. The van der Waals surface area contributed by atoms with Crippen LogP contribution in [0, 0.1) is 12.8 Å². The number of nitrogens with one attached hydrogen (secondary N) is 2. The number of benzene rings is 2. The molecule has 2 aromatic rings. The van der Waals surface area contributed by atoms with E-state index in [0.717, 1.165) is 18.4 Å². The van der Waals surface area contributed by atoms with E-state index in [-0.39, 0.29) is 36.5 Å². The normalized spacial score (nSPS) is 18.3. The first-order chi connectivity index (χ1) is 16.5. The Hall–Kier alpha value is -3.55. The molecule has 1 atom stereocenters. The largest absolute Gasteiger partial charge is 0.454 e. The van der Waals surface area contributed by atoms with Crippen molar-refractivity contribution in [1.29, 1.82) is 0 Å². The van der Waals surface area contributed by atoms with E-state index in [1.54, 1.807) is 18.2 Å². The predicted molar refractivity (Wildman–Crippen MR) is 125 cm³/mol. The van der Waals surface area contributed by atoms with Crippen LogP contribution in [0.4, 0.5) is 0 Å². The van der Waals surface area contributed by atoms with Gasteiger partial charge >= 0.3 is 0 Å². The van der Waals surface area contributed by atoms with Gasteiger partial charge in [0, 0.05) is 30.3 Å². The third-order valence-electron chi connectivity index (χ3n) is 6.80. The molecule has 3 amide bonds. The van der Waals surface area contributed by atoms with E-state index in [9.17, 15) is 14.4 Å². The van der Waals surface area contributed by atoms with Crippen molar-refractivity contribution in [2.75, 3.05) is 19.9 Å². The molecular weight excluding hydrogens is 434 g/mol. The fourth-order valence-electron chi connectivity index (χ4n) is 4.60. The lowest BCUT2D eigenvalue weighted by atomic mass is 9.88. The lowest BCUT2D eigenvalue weighted by molar-refractivity contribution is -0.124. The van der Waals surface area contributed by atoms with Gasteiger partial charge in [-0.15, -0.1) is 0 Å². The zero-order chi connectivity index (χ0) is 23.7. The number of piperidine rings is 1. The first kappa shape index (κ1) is 22.3. The molecular formula is C26H29N3O5. The smallest absolute Gasteiger partial charge is 0.254 e. The van der Waals surface area contributed by atoms with Crippen molar-refractivity contribution in [3.63, 3.8) is 0 Å². The summed E-state index contributed by atoms with van der Waals surface area (Å²) in [5.74, 6) is 0.602. The highest BCUT2D eigenvalue weighted by atomic mass is 16.7. The Kier molecular flexibility index (Phi) is 6.13. The van der Waals surface area contributed by atoms with Crippen LogP contribution in [0.1, 0.15) is 52.0 Å². The van der Waals surface area contributed by atoms with Crippen LogP contribution in [0.3, 0.4) is 0 Å². The van der Waals surface area contributed by atoms with Crippen molar-refractivity contribution < 1.29 is 23.9 Å². The van der Waals surface area contributed by atoms with Crippen LogP contribution >= 0.6 is 0 Å². The molecule has 2 heterocycles. The lowest BCUT2D eigenvalue weighted by Gasteiger charge is -2.36. The van der Waals surface area contributed by atoms with Crippen molar-refractivity contribution in [2.24, 2.45) is 5.92 Å². The Bertz CT molecular complexity index is 1110. The molecule has 0 aromatic heterocycles. The Balaban J connectivity index is 1.27. The highest BCUT2D eigenvalue weighted by molar-refractivity contribution is 5.98. The molecule has 2 N–H and O–H groups in total. The first-order valence-electron chi connectivity index (χ1n) is 11.9. The van der Waals surface area contributed by atoms with Crippen LogP contribution < -0.4 is 20.1 Å². The highest BCUT2D eigenvalue weighted by Gasteiger charge is 2.36. The number of ether oxygens (including phenoxy) is 2. The molecule has 1 unspecified atom stereocenters. The standard InChI is InChI=1S/C26H29N3O5/c1-16-4-2-3-5-20(16)26(32)29-12-10-17(11-13-29)23(25(31)27-19-7-8-19)28-24(30)18-6-9-21-22(14-18)34-15-33-21/h2-6,9,14,17,19,23H,7-8,10-13,15H2,1H3,(H,27,31)(H,28,30). The second kappa shape index (κ2) is 9.37. The maximum atomic E-state index is 13.1. The SMILES string of the molecule is Cc1ccccc1C(=O)N1CCC(C(NC(=O)c2ccc3c(c2)OCO3)C(=O)NC2CC2)CC1. The summed E-state index contributed by atoms with van der Waals surface area (Å²) in [5.41, 5.74) is 2.08. The van der Waals surface area contributed by atoms with Gasteiger partial charge in [0.15, 0.2) is 11.5 Å². The van der Waals surface area contributed by atoms with Crippen molar-refractivity contribution in [2.45, 2.75) is 44.7 Å². The Labute approximate surface area is 198 Å². The number of nitrogens with zero attached hydrogens (tertiary/aromatic N) is 1. The molecule has 1 saturated carbocycles. The molecule has 2 aromatic carbocycles. The molecule has 34 heavy (non-hydrogen) atoms. The summed E-state index contributed by atoms with van der Waals surface area (Å²) >= 11 is 0. The van der Waals surface area contributed by atoms with Gasteiger partial charge in [-0.3, -0.25) is 14.4 Å². The van der Waals surface area contributed by atoms with Crippen LogP contribution in [0.25, 0.3) is 0 Å². The van der Waals surface area contributed by atoms with Crippen LogP contribution in [0.15, 0.2) is 42.5 Å². The molecule has 1 aliphatic carbocycles. The number of aryl methyl sites for hydroxylation is 1. The van der Waals surface area contributed by atoms with Gasteiger partial charge in [-0.2, -0.15) is 0 Å². The number of amides is 3. The minimum Gasteiger partial charge on any atom is -0.454 e. The summed E-state index contributed by atoms with van der Waals surface area (Å²) in [4.78, 5) is 41.0. The van der Waals surface area contributed by atoms with E-state index in [1.807, 2.05) is 36.1 Å². The molecule has 0 radical (unpaired) electrons. The summed E-state index contributed by atoms with van der Waals surface area (Å²) in [6.45, 7) is 3.16. The van der Waals surface area contributed by atoms with Gasteiger partial charge in [-0.05, 0) is 68.4 Å². The molecule has 8 heteroatoms. The topological polar surface area (TPSA) is 97.0 Å². The maximum absolute atomic E-state index is 13.1. The molecule has 1 saturated heterocycles. The van der Waals surface area contributed by atoms with E-state index in [2.05, 4.69) is 10.6 Å². The van der Waals surface area contributed by atoms with Gasteiger partial charge < -0.3 is 25.0 Å². The van der Waals surface area contributed by atoms with Crippen LogP contribution in [0.5, 0.6) is 11.5 Å². The number of hydrogen-bond acceptors (Lipinski definition) is 5. The minimum atomic E-state index is -0.658. The fraction of sp³-hybridized carbons (Fsp3) is 0.423. The summed E-state index contributed by atoms with van der Waals surface area (Å²) in [7, 11) is 0. The van der Waals surface area contributed by atoms with Crippen LogP contribution in [-0.4, -0.2) is 54.6 Å². The summed E-state index contributed by atoms with van der Waals surface area (Å²) in [6, 6.07) is 12.1. The second-order valence-electron chi connectivity index (χ2n) is 9.25. The van der Waals surface area contributed by atoms with E-state index in [1.165, 1.54) is 0 Å². The third kappa shape index (κ3) is 4.71. The highest BCUT2D eigenvalue weighted by Crippen LogP contribution is 2.33. The summed E-state index contributed by atoms with van der Waals surface area (Å²) < 4.78 is 10.7. The van der Waals surface area contributed by atoms with Gasteiger partial charge in [0.05, 0.1) is 0 Å². The Morgan fingerprint density at radius 1 is 0.971 bits per heavy atom. The molecule has 0 bridgehead atoms. The quantitative estimate of drug-likeness (QED) is 0.687. The van der Waals surface area contributed by atoms with Gasteiger partial charge in [-0.1, -0.05) is 18.2 Å². The lowest BCUT2D eigenvalue weighted by Crippen LogP contribution is -2.54. The van der Waals surface area contributed by atoms with Crippen LogP contribution in [-0.2, 0) is 4.79 Å². The van der Waals surface area contributed by atoms with Crippen molar-refractivity contribution in [1.82, 2.24) is 15.5 Å². The molecule has 5 rings (SSSR count). The molecule has 178 valence electrons. The van der Waals surface area contributed by atoms with Gasteiger partial charge in [-0.25, -0.2) is 0 Å². The zero-order valence-electron chi connectivity index (χ0n) is 19.2. The van der Waals surface area contributed by atoms with Crippen molar-refractivity contribution in [3.05, 3.63) is 59.2 Å². The summed E-state index contributed by atoms with van der Waals surface area (Å²) in [5, 5.41) is 6.00. The molecule has 8 nitrogen and oxygen atoms in total. The van der Waals surface area contributed by atoms with E-state index < -0.39 is 6.04 Å². The number of carbonyl (C=O) groups is 3. The van der Waals surface area contributed by atoms with Gasteiger partial charge in [0.1, 0.15) is 6.04 Å². The molecule has 3 aliphatic rings. The molecule has 2 aliphatic heterocycles. The van der Waals surface area contributed by atoms with E-state index >= 15 is 0 Å². The molecule has 2 fully saturated rings. The molecule has 0 spiro atoms. The predicted octanol–water partition coefficient (Wildman–Crippen LogP) is 2.65. The average Bonchev–Trinajstić information content (AvgIpc) is 3.54. The Morgan fingerprint density at radius 3 is 2.44 bits per heavy atom.